The molecule has 0 radical (unpaired) electrons. The summed E-state index contributed by atoms with van der Waals surface area (Å²) in [5.74, 6) is 6.46. The van der Waals surface area contributed by atoms with E-state index in [1.54, 1.807) is 0 Å². The van der Waals surface area contributed by atoms with Crippen LogP contribution in [0.3, 0.4) is 0 Å². The first-order valence-corrected chi connectivity index (χ1v) is 7.11. The lowest BCUT2D eigenvalue weighted by Crippen LogP contribution is -2.39. The number of rotatable bonds is 2. The fourth-order valence-corrected chi connectivity index (χ4v) is 2.76. The minimum atomic E-state index is -0.0781. The van der Waals surface area contributed by atoms with Gasteiger partial charge in [-0.1, -0.05) is 30.9 Å². The van der Waals surface area contributed by atoms with E-state index in [0.29, 0.717) is 6.04 Å². The first-order chi connectivity index (χ1) is 9.19. The molecule has 0 saturated carbocycles. The highest BCUT2D eigenvalue weighted by Gasteiger charge is 2.22. The van der Waals surface area contributed by atoms with Crippen LogP contribution in [0.4, 0.5) is 0 Å². The van der Waals surface area contributed by atoms with E-state index in [-0.39, 0.29) is 6.61 Å². The fourth-order valence-electron chi connectivity index (χ4n) is 2.76. The highest BCUT2D eigenvalue weighted by Crippen LogP contribution is 2.23. The molecule has 2 heteroatoms. The Morgan fingerprint density at radius 1 is 1.26 bits per heavy atom. The van der Waals surface area contributed by atoms with E-state index in [4.69, 9.17) is 5.11 Å². The summed E-state index contributed by atoms with van der Waals surface area (Å²) in [6.07, 6.45) is 2.62. The lowest BCUT2D eigenvalue weighted by molar-refractivity contribution is 0.122. The monoisotopic (exact) mass is 257 g/mol. The average Bonchev–Trinajstić information content (AvgIpc) is 2.41. The molecule has 102 valence electrons. The number of likely N-dealkylation sites (tertiary alicyclic amines) is 1. The van der Waals surface area contributed by atoms with Gasteiger partial charge in [-0.2, -0.15) is 0 Å². The minimum absolute atomic E-state index is 0.0781. The van der Waals surface area contributed by atoms with Crippen molar-refractivity contribution in [1.29, 1.82) is 0 Å². The lowest BCUT2D eigenvalue weighted by atomic mass is 9.93. The summed E-state index contributed by atoms with van der Waals surface area (Å²) < 4.78 is 0. The van der Waals surface area contributed by atoms with E-state index in [0.717, 1.165) is 18.0 Å². The van der Waals surface area contributed by atoms with Crippen molar-refractivity contribution < 1.29 is 5.11 Å². The van der Waals surface area contributed by atoms with E-state index in [2.05, 4.69) is 42.7 Å². The Hall–Kier alpha value is -1.30. The number of hydrogen-bond acceptors (Lipinski definition) is 2. The molecule has 1 saturated heterocycles. The number of aliphatic hydroxyl groups is 1. The summed E-state index contributed by atoms with van der Waals surface area (Å²) >= 11 is 0. The molecule has 0 aliphatic carbocycles. The molecule has 2 nitrogen and oxygen atoms in total. The maximum atomic E-state index is 8.67. The van der Waals surface area contributed by atoms with Crippen molar-refractivity contribution in [3.8, 4) is 11.8 Å². The minimum Gasteiger partial charge on any atom is -0.384 e. The zero-order valence-corrected chi connectivity index (χ0v) is 11.9. The number of nitrogens with zero attached hydrogens (tertiary/aromatic N) is 1. The van der Waals surface area contributed by atoms with Gasteiger partial charge in [0.05, 0.1) is 0 Å². The molecular formula is C17H23NO. The van der Waals surface area contributed by atoms with Crippen molar-refractivity contribution >= 4 is 0 Å². The van der Waals surface area contributed by atoms with Gasteiger partial charge < -0.3 is 5.11 Å². The molecule has 1 aromatic rings. The maximum Gasteiger partial charge on any atom is 0.104 e. The van der Waals surface area contributed by atoms with Gasteiger partial charge in [0.15, 0.2) is 0 Å². The molecule has 0 amide bonds. The highest BCUT2D eigenvalue weighted by molar-refractivity contribution is 5.36. The quantitative estimate of drug-likeness (QED) is 0.823. The average molecular weight is 257 g/mol. The van der Waals surface area contributed by atoms with E-state index in [9.17, 15) is 0 Å². The van der Waals surface area contributed by atoms with Gasteiger partial charge in [-0.3, -0.25) is 4.90 Å². The molecule has 1 fully saturated rings. The van der Waals surface area contributed by atoms with Gasteiger partial charge in [0, 0.05) is 18.2 Å². The first kappa shape index (κ1) is 14.1. The molecule has 2 rings (SSSR count). The fraction of sp³-hybridized carbons (Fsp3) is 0.529. The normalized spacial score (nSPS) is 23.7. The van der Waals surface area contributed by atoms with Gasteiger partial charge in [0.25, 0.3) is 0 Å². The van der Waals surface area contributed by atoms with Crippen LogP contribution in [0.25, 0.3) is 0 Å². The maximum absolute atomic E-state index is 8.67. The molecule has 1 aromatic carbocycles. The zero-order chi connectivity index (χ0) is 13.7. The van der Waals surface area contributed by atoms with Gasteiger partial charge in [-0.05, 0) is 49.9 Å². The second-order valence-corrected chi connectivity index (χ2v) is 5.61. The summed E-state index contributed by atoms with van der Waals surface area (Å²) in [5, 5.41) is 8.67. The lowest BCUT2D eigenvalue weighted by Gasteiger charge is -2.36. The number of hydrogen-bond donors (Lipinski definition) is 1. The molecule has 0 spiro atoms. The van der Waals surface area contributed by atoms with Gasteiger partial charge in [0.2, 0.25) is 0 Å². The second-order valence-electron chi connectivity index (χ2n) is 5.61. The van der Waals surface area contributed by atoms with Crippen molar-refractivity contribution in [3.05, 3.63) is 35.4 Å². The van der Waals surface area contributed by atoms with Crippen LogP contribution in [0, 0.1) is 17.8 Å². The van der Waals surface area contributed by atoms with Crippen LogP contribution < -0.4 is 0 Å². The van der Waals surface area contributed by atoms with E-state index in [1.807, 2.05) is 12.1 Å². The van der Waals surface area contributed by atoms with Crippen molar-refractivity contribution in [2.75, 3.05) is 13.2 Å². The summed E-state index contributed by atoms with van der Waals surface area (Å²) in [6, 6.07) is 9.04. The molecule has 0 bridgehead atoms. The molecule has 1 N–H and O–H groups in total. The second kappa shape index (κ2) is 6.75. The molecule has 1 aliphatic rings. The Labute approximate surface area is 116 Å². The van der Waals surface area contributed by atoms with Crippen molar-refractivity contribution in [2.45, 2.75) is 39.3 Å². The van der Waals surface area contributed by atoms with Gasteiger partial charge in [0.1, 0.15) is 6.61 Å². The van der Waals surface area contributed by atoms with E-state index < -0.39 is 0 Å². The third kappa shape index (κ3) is 4.09. The summed E-state index contributed by atoms with van der Waals surface area (Å²) in [5.41, 5.74) is 2.31. The Bertz CT molecular complexity index is 454. The van der Waals surface area contributed by atoms with Gasteiger partial charge in [-0.25, -0.2) is 0 Å². The standard InChI is InChI=1S/C17H23NO/c1-14-9-10-18(15(2)12-14)13-17-7-5-16(6-8-17)4-3-11-19/h5-8,14-15,19H,9-13H2,1-2H3. The van der Waals surface area contributed by atoms with Crippen molar-refractivity contribution in [1.82, 2.24) is 4.90 Å². The van der Waals surface area contributed by atoms with Gasteiger partial charge >= 0.3 is 0 Å². The largest absolute Gasteiger partial charge is 0.384 e. The van der Waals surface area contributed by atoms with E-state index >= 15 is 0 Å². The molecule has 0 aromatic heterocycles. The number of benzene rings is 1. The number of piperidine rings is 1. The predicted molar refractivity (Wildman–Crippen MR) is 78.7 cm³/mol. The van der Waals surface area contributed by atoms with Crippen LogP contribution >= 0.6 is 0 Å². The molecule has 2 atom stereocenters. The Morgan fingerprint density at radius 3 is 2.63 bits per heavy atom. The summed E-state index contributed by atoms with van der Waals surface area (Å²) in [7, 11) is 0. The van der Waals surface area contributed by atoms with Crippen LogP contribution in [0.15, 0.2) is 24.3 Å². The number of aliphatic hydroxyl groups excluding tert-OH is 1. The van der Waals surface area contributed by atoms with Crippen LogP contribution in [-0.4, -0.2) is 29.2 Å². The Kier molecular flexibility index (Phi) is 5.01. The van der Waals surface area contributed by atoms with Crippen molar-refractivity contribution in [2.24, 2.45) is 5.92 Å². The molecule has 19 heavy (non-hydrogen) atoms. The zero-order valence-electron chi connectivity index (χ0n) is 11.9. The van der Waals surface area contributed by atoms with Crippen LogP contribution in [-0.2, 0) is 6.54 Å². The highest BCUT2D eigenvalue weighted by atomic mass is 16.2. The Morgan fingerprint density at radius 2 is 2.00 bits per heavy atom. The SMILES string of the molecule is CC1CCN(Cc2ccc(C#CCO)cc2)C(C)C1. The molecule has 2 unspecified atom stereocenters. The van der Waals surface area contributed by atoms with Crippen LogP contribution in [0.1, 0.15) is 37.8 Å². The predicted octanol–water partition coefficient (Wildman–Crippen LogP) is 2.65. The third-order valence-corrected chi connectivity index (χ3v) is 3.93. The van der Waals surface area contributed by atoms with Crippen LogP contribution in [0.5, 0.6) is 0 Å². The summed E-state index contributed by atoms with van der Waals surface area (Å²) in [6.45, 7) is 6.83. The molecule has 1 aliphatic heterocycles. The first-order valence-electron chi connectivity index (χ1n) is 7.11. The Balaban J connectivity index is 1.96. The van der Waals surface area contributed by atoms with Crippen LogP contribution in [0.2, 0.25) is 0 Å². The summed E-state index contributed by atoms with van der Waals surface area (Å²) in [4.78, 5) is 2.56. The topological polar surface area (TPSA) is 23.5 Å². The molecule has 1 heterocycles. The molecular weight excluding hydrogens is 234 g/mol. The van der Waals surface area contributed by atoms with Gasteiger partial charge in [-0.15, -0.1) is 0 Å². The smallest absolute Gasteiger partial charge is 0.104 e. The van der Waals surface area contributed by atoms with E-state index in [1.165, 1.54) is 24.9 Å². The third-order valence-electron chi connectivity index (χ3n) is 3.93. The van der Waals surface area contributed by atoms with Crippen molar-refractivity contribution in [3.63, 3.8) is 0 Å².